The Hall–Kier alpha value is -3.86. The molecule has 1 unspecified atom stereocenters. The van der Waals surface area contributed by atoms with Crippen LogP contribution in [0.3, 0.4) is 0 Å². The smallest absolute Gasteiger partial charge is 0.203 e. The summed E-state index contributed by atoms with van der Waals surface area (Å²) in [5.74, 6) is -8.16. The van der Waals surface area contributed by atoms with Crippen molar-refractivity contribution in [2.24, 2.45) is 5.92 Å². The summed E-state index contributed by atoms with van der Waals surface area (Å²) in [6.07, 6.45) is 5.97. The lowest BCUT2D eigenvalue weighted by Crippen LogP contribution is -2.40. The minimum absolute atomic E-state index is 0.0831. The number of Topliss-reactive ketones (excluding diaryl/α,β-unsaturated/α-hetero) is 1. The number of benzene rings is 2. The zero-order valence-electron chi connectivity index (χ0n) is 24.1. The van der Waals surface area contributed by atoms with Crippen LogP contribution in [0.25, 0.3) is 10.9 Å². The average Bonchev–Trinajstić information content (AvgIpc) is 3.46. The molecular formula is C31H35F4N5O2. The molecule has 42 heavy (non-hydrogen) atoms. The maximum absolute atomic E-state index is 14.1. The predicted octanol–water partition coefficient (Wildman–Crippen LogP) is 6.81. The van der Waals surface area contributed by atoms with E-state index < -0.39 is 53.0 Å². The van der Waals surface area contributed by atoms with Crippen LogP contribution in [-0.2, 0) is 16.9 Å². The third kappa shape index (κ3) is 7.13. The number of carbonyl (C=O) groups is 1. The summed E-state index contributed by atoms with van der Waals surface area (Å²) in [5, 5.41) is 13.3. The number of nitrogens with one attached hydrogen (secondary N) is 1. The molecule has 0 radical (unpaired) electrons. The second-order valence-electron chi connectivity index (χ2n) is 11.1. The maximum atomic E-state index is 14.1. The number of carbonyl (C=O) groups excluding carboxylic acids is 1. The Balaban J connectivity index is 1.55. The van der Waals surface area contributed by atoms with E-state index in [0.717, 1.165) is 29.3 Å². The van der Waals surface area contributed by atoms with Crippen LogP contribution in [0, 0.1) is 29.2 Å². The summed E-state index contributed by atoms with van der Waals surface area (Å²) in [5.41, 5.74) is 2.00. The molecule has 0 saturated carbocycles. The molecule has 0 spiro atoms. The minimum Gasteiger partial charge on any atom is -0.479 e. The first-order valence-electron chi connectivity index (χ1n) is 14.0. The molecule has 2 aromatic heterocycles. The van der Waals surface area contributed by atoms with E-state index in [9.17, 15) is 22.4 Å². The van der Waals surface area contributed by atoms with Gasteiger partial charge in [-0.25, -0.2) is 13.5 Å². The molecule has 0 bridgehead atoms. The van der Waals surface area contributed by atoms with Crippen molar-refractivity contribution in [2.45, 2.75) is 71.5 Å². The Morgan fingerprint density at radius 3 is 2.52 bits per heavy atom. The molecule has 4 aromatic rings. The number of hydrogen-bond acceptors (Lipinski definition) is 6. The summed E-state index contributed by atoms with van der Waals surface area (Å²) < 4.78 is 61.7. The van der Waals surface area contributed by atoms with Gasteiger partial charge in [0.2, 0.25) is 11.6 Å². The first-order valence-corrected chi connectivity index (χ1v) is 14.0. The topological polar surface area (TPSA) is 81.9 Å². The van der Waals surface area contributed by atoms with Gasteiger partial charge in [0, 0.05) is 24.2 Å². The monoisotopic (exact) mass is 585 g/mol. The molecule has 2 aromatic carbocycles. The fourth-order valence-electron chi connectivity index (χ4n) is 5.05. The Bertz CT molecular complexity index is 1520. The van der Waals surface area contributed by atoms with Crippen LogP contribution in [0.4, 0.5) is 17.6 Å². The van der Waals surface area contributed by atoms with E-state index in [1.807, 2.05) is 38.1 Å². The standard InChI is InChI=1S/C31H35F4N5O2/c1-5-6-9-25(26(41)18-42-30-28(34)22(32)14-23(33)29(30)35)40-17-27(38-39-40)31(4,15-19(2)3)37-16-20-10-11-24-21(13-20)8-7-12-36-24/h7-8,10-14,17,19,25,37H,5-6,9,15-16,18H2,1-4H3/t25?,31-/m0/s1. The minimum atomic E-state index is -1.70. The van der Waals surface area contributed by atoms with Crippen LogP contribution in [0.5, 0.6) is 5.75 Å². The highest BCUT2D eigenvalue weighted by Crippen LogP contribution is 2.30. The van der Waals surface area contributed by atoms with Gasteiger partial charge >= 0.3 is 0 Å². The number of aromatic nitrogens is 4. The Kier molecular flexibility index (Phi) is 9.93. The van der Waals surface area contributed by atoms with Gasteiger partial charge < -0.3 is 10.1 Å². The maximum Gasteiger partial charge on any atom is 0.203 e. The molecule has 2 atom stereocenters. The van der Waals surface area contributed by atoms with Crippen LogP contribution in [-0.4, -0.2) is 32.4 Å². The number of nitrogens with zero attached hydrogens (tertiary/aromatic N) is 4. The number of ketones is 1. The zero-order chi connectivity index (χ0) is 30.4. The Morgan fingerprint density at radius 1 is 1.10 bits per heavy atom. The molecule has 7 nitrogen and oxygen atoms in total. The average molecular weight is 586 g/mol. The van der Waals surface area contributed by atoms with Crippen molar-refractivity contribution in [2.75, 3.05) is 6.61 Å². The van der Waals surface area contributed by atoms with E-state index in [1.165, 1.54) is 4.68 Å². The van der Waals surface area contributed by atoms with Gasteiger partial charge in [-0.2, -0.15) is 8.78 Å². The van der Waals surface area contributed by atoms with Gasteiger partial charge in [-0.1, -0.05) is 51.0 Å². The van der Waals surface area contributed by atoms with Crippen molar-refractivity contribution in [1.82, 2.24) is 25.3 Å². The highest BCUT2D eigenvalue weighted by Gasteiger charge is 2.32. The van der Waals surface area contributed by atoms with Crippen molar-refractivity contribution < 1.29 is 27.1 Å². The van der Waals surface area contributed by atoms with E-state index in [-0.39, 0.29) is 6.07 Å². The van der Waals surface area contributed by atoms with E-state index >= 15 is 0 Å². The third-order valence-corrected chi connectivity index (χ3v) is 7.19. The van der Waals surface area contributed by atoms with Crippen molar-refractivity contribution in [3.05, 3.63) is 83.3 Å². The van der Waals surface area contributed by atoms with Gasteiger partial charge in [-0.05, 0) is 49.4 Å². The summed E-state index contributed by atoms with van der Waals surface area (Å²) in [6, 6.07) is 9.21. The molecule has 11 heteroatoms. The van der Waals surface area contributed by atoms with Gasteiger partial charge in [-0.3, -0.25) is 9.78 Å². The normalized spacial score (nSPS) is 13.8. The molecule has 0 aliphatic carbocycles. The summed E-state index contributed by atoms with van der Waals surface area (Å²) in [6.45, 7) is 7.93. The third-order valence-electron chi connectivity index (χ3n) is 7.19. The van der Waals surface area contributed by atoms with Crippen LogP contribution >= 0.6 is 0 Å². The predicted molar refractivity (Wildman–Crippen MR) is 151 cm³/mol. The highest BCUT2D eigenvalue weighted by molar-refractivity contribution is 5.84. The van der Waals surface area contributed by atoms with Crippen molar-refractivity contribution in [3.63, 3.8) is 0 Å². The quantitative estimate of drug-likeness (QED) is 0.129. The lowest BCUT2D eigenvalue weighted by molar-refractivity contribution is -0.124. The molecule has 2 heterocycles. The van der Waals surface area contributed by atoms with E-state index in [2.05, 4.69) is 40.5 Å². The van der Waals surface area contributed by atoms with E-state index in [1.54, 1.807) is 12.4 Å². The second kappa shape index (κ2) is 13.4. The molecule has 0 saturated heterocycles. The molecule has 0 fully saturated rings. The molecule has 0 aliphatic heterocycles. The van der Waals surface area contributed by atoms with Crippen molar-refractivity contribution >= 4 is 16.7 Å². The number of pyridine rings is 1. The van der Waals surface area contributed by atoms with Crippen molar-refractivity contribution in [1.29, 1.82) is 0 Å². The van der Waals surface area contributed by atoms with Crippen LogP contribution in [0.15, 0.2) is 48.8 Å². The molecule has 224 valence electrons. The first-order chi connectivity index (χ1) is 20.0. The fourth-order valence-corrected chi connectivity index (χ4v) is 5.05. The van der Waals surface area contributed by atoms with Gasteiger partial charge in [-0.15, -0.1) is 5.10 Å². The molecule has 4 rings (SSSR count). The van der Waals surface area contributed by atoms with E-state index in [0.29, 0.717) is 31.0 Å². The van der Waals surface area contributed by atoms with Gasteiger partial charge in [0.25, 0.3) is 0 Å². The summed E-state index contributed by atoms with van der Waals surface area (Å²) in [4.78, 5) is 17.6. The largest absolute Gasteiger partial charge is 0.479 e. The summed E-state index contributed by atoms with van der Waals surface area (Å²) in [7, 11) is 0. The summed E-state index contributed by atoms with van der Waals surface area (Å²) >= 11 is 0. The van der Waals surface area contributed by atoms with E-state index in [4.69, 9.17) is 4.74 Å². The molecular weight excluding hydrogens is 550 g/mol. The molecule has 0 amide bonds. The number of rotatable bonds is 14. The fraction of sp³-hybridized carbons (Fsp3) is 0.419. The zero-order valence-corrected chi connectivity index (χ0v) is 24.1. The molecule has 0 aliphatic rings. The van der Waals surface area contributed by atoms with Crippen LogP contribution in [0.1, 0.15) is 70.7 Å². The number of hydrogen-bond donors (Lipinski definition) is 1. The molecule has 1 N–H and O–H groups in total. The lowest BCUT2D eigenvalue weighted by atomic mass is 9.87. The second-order valence-corrected chi connectivity index (χ2v) is 11.1. The number of unbranched alkanes of at least 4 members (excludes halogenated alkanes) is 1. The Labute approximate surface area is 242 Å². The van der Waals surface area contributed by atoms with Gasteiger partial charge in [0.15, 0.2) is 23.2 Å². The first kappa shape index (κ1) is 31.1. The number of halogens is 4. The highest BCUT2D eigenvalue weighted by atomic mass is 19.2. The van der Waals surface area contributed by atoms with Gasteiger partial charge in [0.1, 0.15) is 18.3 Å². The number of ether oxygens (including phenoxy) is 1. The Morgan fingerprint density at radius 2 is 1.83 bits per heavy atom. The van der Waals surface area contributed by atoms with Gasteiger partial charge in [0.05, 0.1) is 17.3 Å². The number of fused-ring (bicyclic) bond motifs is 1. The SMILES string of the molecule is CCCCC(C(=O)COc1c(F)c(F)cc(F)c1F)n1cc([C@](C)(CC(C)C)NCc2ccc3ncccc3c2)nn1. The van der Waals surface area contributed by atoms with Crippen LogP contribution < -0.4 is 10.1 Å². The lowest BCUT2D eigenvalue weighted by Gasteiger charge is -2.31. The van der Waals surface area contributed by atoms with Crippen LogP contribution in [0.2, 0.25) is 0 Å². The van der Waals surface area contributed by atoms with Crippen molar-refractivity contribution in [3.8, 4) is 5.75 Å².